The zero-order valence-electron chi connectivity index (χ0n) is 8.33. The molecule has 0 aliphatic heterocycles. The molecular weight excluding hydrogens is 162 g/mol. The Balaban J connectivity index is 2.15. The lowest BCUT2D eigenvalue weighted by atomic mass is 10.2. The summed E-state index contributed by atoms with van der Waals surface area (Å²) in [5.41, 5.74) is 1.25. The van der Waals surface area contributed by atoms with Crippen LogP contribution in [0.2, 0.25) is 0 Å². The Morgan fingerprint density at radius 2 is 2.38 bits per heavy atom. The predicted molar refractivity (Wildman–Crippen MR) is 52.7 cm³/mol. The standard InChI is InChI=1S/C10H17N3/c1-8-6-12-13(7-8)10-5-3-4-9(10)11-2/h6-7,9-11H,3-5H2,1-2H3. The summed E-state index contributed by atoms with van der Waals surface area (Å²) in [6.45, 7) is 2.09. The normalized spacial score (nSPS) is 28.2. The lowest BCUT2D eigenvalue weighted by Crippen LogP contribution is -2.31. The molecule has 0 spiro atoms. The first-order valence-electron chi connectivity index (χ1n) is 4.99. The third kappa shape index (κ3) is 1.61. The fourth-order valence-corrected chi connectivity index (χ4v) is 2.21. The van der Waals surface area contributed by atoms with Crippen LogP contribution in [0.5, 0.6) is 0 Å². The molecule has 1 N–H and O–H groups in total. The Morgan fingerprint density at radius 1 is 1.54 bits per heavy atom. The van der Waals surface area contributed by atoms with E-state index in [0.717, 1.165) is 0 Å². The summed E-state index contributed by atoms with van der Waals surface area (Å²) in [6, 6.07) is 1.18. The molecule has 1 heterocycles. The highest BCUT2D eigenvalue weighted by Crippen LogP contribution is 2.29. The van der Waals surface area contributed by atoms with Crippen molar-refractivity contribution in [1.29, 1.82) is 0 Å². The van der Waals surface area contributed by atoms with Gasteiger partial charge in [-0.1, -0.05) is 0 Å². The largest absolute Gasteiger partial charge is 0.315 e. The van der Waals surface area contributed by atoms with Gasteiger partial charge in [-0.3, -0.25) is 4.68 Å². The highest BCUT2D eigenvalue weighted by Gasteiger charge is 2.27. The van der Waals surface area contributed by atoms with Crippen molar-refractivity contribution in [2.24, 2.45) is 0 Å². The van der Waals surface area contributed by atoms with Crippen molar-refractivity contribution in [3.63, 3.8) is 0 Å². The van der Waals surface area contributed by atoms with Crippen LogP contribution in [-0.2, 0) is 0 Å². The zero-order chi connectivity index (χ0) is 9.26. The molecule has 3 heteroatoms. The molecule has 2 rings (SSSR count). The van der Waals surface area contributed by atoms with Crippen LogP contribution < -0.4 is 5.32 Å². The molecule has 1 aliphatic rings. The van der Waals surface area contributed by atoms with Gasteiger partial charge in [0.05, 0.1) is 12.2 Å². The van der Waals surface area contributed by atoms with Crippen molar-refractivity contribution in [3.05, 3.63) is 18.0 Å². The number of likely N-dealkylation sites (N-methyl/N-ethyl adjacent to an activating group) is 1. The van der Waals surface area contributed by atoms with Gasteiger partial charge in [-0.05, 0) is 38.8 Å². The van der Waals surface area contributed by atoms with Crippen molar-refractivity contribution >= 4 is 0 Å². The monoisotopic (exact) mass is 179 g/mol. The lowest BCUT2D eigenvalue weighted by Gasteiger charge is -2.19. The van der Waals surface area contributed by atoms with Crippen LogP contribution in [0, 0.1) is 6.92 Å². The van der Waals surface area contributed by atoms with E-state index in [4.69, 9.17) is 0 Å². The van der Waals surface area contributed by atoms with Gasteiger partial charge in [0.2, 0.25) is 0 Å². The van der Waals surface area contributed by atoms with Crippen LogP contribution in [0.1, 0.15) is 30.9 Å². The van der Waals surface area contributed by atoms with Gasteiger partial charge in [0, 0.05) is 12.2 Å². The van der Waals surface area contributed by atoms with E-state index in [9.17, 15) is 0 Å². The molecule has 1 aliphatic carbocycles. The number of hydrogen-bond donors (Lipinski definition) is 1. The van der Waals surface area contributed by atoms with Gasteiger partial charge in [-0.2, -0.15) is 5.10 Å². The highest BCUT2D eigenvalue weighted by molar-refractivity contribution is 5.02. The summed E-state index contributed by atoms with van der Waals surface area (Å²) < 4.78 is 2.11. The minimum absolute atomic E-state index is 0.568. The van der Waals surface area contributed by atoms with E-state index >= 15 is 0 Å². The summed E-state index contributed by atoms with van der Waals surface area (Å²) in [7, 11) is 2.04. The number of aryl methyl sites for hydroxylation is 1. The second kappa shape index (κ2) is 3.50. The molecule has 0 radical (unpaired) electrons. The highest BCUT2D eigenvalue weighted by atomic mass is 15.3. The van der Waals surface area contributed by atoms with Gasteiger partial charge in [-0.15, -0.1) is 0 Å². The molecule has 1 aromatic heterocycles. The molecule has 72 valence electrons. The van der Waals surface area contributed by atoms with Crippen molar-refractivity contribution < 1.29 is 0 Å². The molecule has 1 fully saturated rings. The van der Waals surface area contributed by atoms with E-state index in [-0.39, 0.29) is 0 Å². The van der Waals surface area contributed by atoms with Gasteiger partial charge in [0.1, 0.15) is 0 Å². The predicted octanol–water partition coefficient (Wildman–Crippen LogP) is 1.50. The SMILES string of the molecule is CNC1CCCC1n1cc(C)cn1. The van der Waals surface area contributed by atoms with Crippen LogP contribution in [0.3, 0.4) is 0 Å². The van der Waals surface area contributed by atoms with Gasteiger partial charge >= 0.3 is 0 Å². The molecule has 0 aromatic carbocycles. The Morgan fingerprint density at radius 3 is 3.00 bits per heavy atom. The number of hydrogen-bond acceptors (Lipinski definition) is 2. The summed E-state index contributed by atoms with van der Waals surface area (Å²) in [4.78, 5) is 0. The fourth-order valence-electron chi connectivity index (χ4n) is 2.21. The minimum atomic E-state index is 0.568. The molecule has 0 bridgehead atoms. The van der Waals surface area contributed by atoms with Gasteiger partial charge in [-0.25, -0.2) is 0 Å². The van der Waals surface area contributed by atoms with E-state index in [1.165, 1.54) is 24.8 Å². The van der Waals surface area contributed by atoms with E-state index in [1.54, 1.807) is 0 Å². The number of rotatable bonds is 2. The topological polar surface area (TPSA) is 29.9 Å². The molecule has 1 saturated carbocycles. The van der Waals surface area contributed by atoms with E-state index in [1.807, 2.05) is 13.2 Å². The molecule has 0 amide bonds. The molecule has 13 heavy (non-hydrogen) atoms. The Labute approximate surface area is 79.1 Å². The van der Waals surface area contributed by atoms with E-state index in [2.05, 4.69) is 28.2 Å². The van der Waals surface area contributed by atoms with Crippen molar-refractivity contribution in [2.45, 2.75) is 38.3 Å². The third-order valence-corrected chi connectivity index (χ3v) is 2.92. The Hall–Kier alpha value is -0.830. The number of nitrogens with zero attached hydrogens (tertiary/aromatic N) is 2. The maximum Gasteiger partial charge on any atom is 0.0672 e. The summed E-state index contributed by atoms with van der Waals surface area (Å²) in [5.74, 6) is 0. The summed E-state index contributed by atoms with van der Waals surface area (Å²) in [6.07, 6.45) is 7.92. The van der Waals surface area contributed by atoms with Gasteiger partial charge in [0.15, 0.2) is 0 Å². The zero-order valence-corrected chi connectivity index (χ0v) is 8.33. The number of nitrogens with one attached hydrogen (secondary N) is 1. The molecular formula is C10H17N3. The second-order valence-electron chi connectivity index (χ2n) is 3.89. The second-order valence-corrected chi connectivity index (χ2v) is 3.89. The number of aromatic nitrogens is 2. The molecule has 3 nitrogen and oxygen atoms in total. The maximum absolute atomic E-state index is 4.37. The first kappa shape index (κ1) is 8.75. The Bertz CT molecular complexity index is 279. The van der Waals surface area contributed by atoms with Crippen LogP contribution in [0.15, 0.2) is 12.4 Å². The van der Waals surface area contributed by atoms with Crippen LogP contribution in [0.4, 0.5) is 0 Å². The maximum atomic E-state index is 4.37. The first-order valence-corrected chi connectivity index (χ1v) is 4.99. The first-order chi connectivity index (χ1) is 6.31. The minimum Gasteiger partial charge on any atom is -0.315 e. The fraction of sp³-hybridized carbons (Fsp3) is 0.700. The molecule has 2 unspecified atom stereocenters. The van der Waals surface area contributed by atoms with Crippen LogP contribution >= 0.6 is 0 Å². The van der Waals surface area contributed by atoms with E-state index in [0.29, 0.717) is 12.1 Å². The summed E-state index contributed by atoms with van der Waals surface area (Å²) >= 11 is 0. The van der Waals surface area contributed by atoms with Crippen molar-refractivity contribution in [3.8, 4) is 0 Å². The van der Waals surface area contributed by atoms with Crippen LogP contribution in [-0.4, -0.2) is 22.9 Å². The smallest absolute Gasteiger partial charge is 0.0672 e. The summed E-state index contributed by atoms with van der Waals surface area (Å²) in [5, 5.41) is 7.73. The van der Waals surface area contributed by atoms with Crippen LogP contribution in [0.25, 0.3) is 0 Å². The average Bonchev–Trinajstić information content (AvgIpc) is 2.71. The molecule has 1 aromatic rings. The third-order valence-electron chi connectivity index (χ3n) is 2.92. The quantitative estimate of drug-likeness (QED) is 0.745. The van der Waals surface area contributed by atoms with E-state index < -0.39 is 0 Å². The average molecular weight is 179 g/mol. The molecule has 2 atom stereocenters. The lowest BCUT2D eigenvalue weighted by molar-refractivity contribution is 0.383. The van der Waals surface area contributed by atoms with Gasteiger partial charge in [0.25, 0.3) is 0 Å². The van der Waals surface area contributed by atoms with Crippen molar-refractivity contribution in [1.82, 2.24) is 15.1 Å². The molecule has 0 saturated heterocycles. The van der Waals surface area contributed by atoms with Crippen molar-refractivity contribution in [2.75, 3.05) is 7.05 Å². The Kier molecular flexibility index (Phi) is 2.36. The van der Waals surface area contributed by atoms with Gasteiger partial charge < -0.3 is 5.32 Å².